The maximum absolute atomic E-state index is 8.96. The van der Waals surface area contributed by atoms with Gasteiger partial charge in [0.25, 0.3) is 0 Å². The zero-order valence-electron chi connectivity index (χ0n) is 7.39. The summed E-state index contributed by atoms with van der Waals surface area (Å²) < 4.78 is 0. The first-order chi connectivity index (χ1) is 4.63. The Morgan fingerprint density at radius 1 is 1.30 bits per heavy atom. The minimum atomic E-state index is 0.277. The summed E-state index contributed by atoms with van der Waals surface area (Å²) in [6.45, 7) is 6.64. The molecule has 0 aliphatic carbocycles. The van der Waals surface area contributed by atoms with Gasteiger partial charge in [-0.25, -0.2) is 0 Å². The molecule has 0 aromatic rings. The van der Waals surface area contributed by atoms with Crippen LogP contribution in [-0.2, 0) is 0 Å². The molecule has 0 aliphatic rings. The Labute approximate surface area is 63.6 Å². The van der Waals surface area contributed by atoms with Gasteiger partial charge in [0.15, 0.2) is 0 Å². The molecule has 2 N–H and O–H groups in total. The van der Waals surface area contributed by atoms with E-state index in [1.807, 2.05) is 7.05 Å². The van der Waals surface area contributed by atoms with Crippen molar-refractivity contribution in [2.75, 3.05) is 13.7 Å². The summed E-state index contributed by atoms with van der Waals surface area (Å²) in [4.78, 5) is 0. The van der Waals surface area contributed by atoms with Crippen LogP contribution in [0.25, 0.3) is 0 Å². The number of aliphatic hydroxyl groups excluding tert-OH is 1. The first-order valence-electron chi connectivity index (χ1n) is 3.91. The average Bonchev–Trinajstić information content (AvgIpc) is 1.88. The Hall–Kier alpha value is -0.0800. The van der Waals surface area contributed by atoms with E-state index in [0.717, 1.165) is 0 Å². The van der Waals surface area contributed by atoms with Gasteiger partial charge < -0.3 is 10.4 Å². The number of hydrogen-bond acceptors (Lipinski definition) is 2. The van der Waals surface area contributed by atoms with Gasteiger partial charge in [0.1, 0.15) is 0 Å². The molecule has 62 valence electrons. The number of aliphatic hydroxyl groups is 1. The summed E-state index contributed by atoms with van der Waals surface area (Å²) in [5.74, 6) is 0.928. The van der Waals surface area contributed by atoms with E-state index >= 15 is 0 Å². The lowest BCUT2D eigenvalue weighted by molar-refractivity contribution is 0.160. The molecule has 0 radical (unpaired) electrons. The Morgan fingerprint density at radius 3 is 1.90 bits per heavy atom. The van der Waals surface area contributed by atoms with Crippen molar-refractivity contribution in [3.63, 3.8) is 0 Å². The predicted octanol–water partition coefficient (Wildman–Crippen LogP) is 0.859. The fourth-order valence-electron chi connectivity index (χ4n) is 1.16. The van der Waals surface area contributed by atoms with Crippen molar-refractivity contribution < 1.29 is 5.11 Å². The zero-order valence-corrected chi connectivity index (χ0v) is 7.39. The average molecular weight is 145 g/mol. The number of rotatable bonds is 4. The van der Waals surface area contributed by atoms with Gasteiger partial charge in [0, 0.05) is 12.6 Å². The molecule has 0 saturated carbocycles. The second kappa shape index (κ2) is 4.69. The maximum atomic E-state index is 8.96. The number of nitrogens with one attached hydrogen (secondary N) is 1. The molecule has 0 aliphatic heterocycles. The quantitative estimate of drug-likeness (QED) is 0.615. The SMILES string of the molecule is CNC(C)C(CO)C(C)C. The first-order valence-corrected chi connectivity index (χ1v) is 3.91. The third kappa shape index (κ3) is 2.67. The van der Waals surface area contributed by atoms with Gasteiger partial charge in [-0.15, -0.1) is 0 Å². The fourth-order valence-corrected chi connectivity index (χ4v) is 1.16. The summed E-state index contributed by atoms with van der Waals surface area (Å²) in [6.07, 6.45) is 0. The topological polar surface area (TPSA) is 32.3 Å². The van der Waals surface area contributed by atoms with Crippen molar-refractivity contribution in [3.05, 3.63) is 0 Å². The van der Waals surface area contributed by atoms with Crippen molar-refractivity contribution in [2.24, 2.45) is 11.8 Å². The smallest absolute Gasteiger partial charge is 0.0476 e. The van der Waals surface area contributed by atoms with Gasteiger partial charge in [-0.1, -0.05) is 13.8 Å². The van der Waals surface area contributed by atoms with E-state index in [1.165, 1.54) is 0 Å². The van der Waals surface area contributed by atoms with Crippen molar-refractivity contribution in [3.8, 4) is 0 Å². The molecule has 10 heavy (non-hydrogen) atoms. The Morgan fingerprint density at radius 2 is 1.80 bits per heavy atom. The summed E-state index contributed by atoms with van der Waals surface area (Å²) in [7, 11) is 1.93. The molecule has 0 aromatic heterocycles. The second-order valence-corrected chi connectivity index (χ2v) is 3.17. The van der Waals surface area contributed by atoms with E-state index in [9.17, 15) is 0 Å². The summed E-state index contributed by atoms with van der Waals surface area (Å²) >= 11 is 0. The minimum Gasteiger partial charge on any atom is -0.396 e. The van der Waals surface area contributed by atoms with Crippen LogP contribution in [0.3, 0.4) is 0 Å². The summed E-state index contributed by atoms with van der Waals surface area (Å²) in [5, 5.41) is 12.1. The highest BCUT2D eigenvalue weighted by Crippen LogP contribution is 2.13. The van der Waals surface area contributed by atoms with E-state index in [1.54, 1.807) is 0 Å². The minimum absolute atomic E-state index is 0.277. The van der Waals surface area contributed by atoms with Gasteiger partial charge in [-0.05, 0) is 25.8 Å². The first kappa shape index (κ1) is 9.92. The largest absolute Gasteiger partial charge is 0.396 e. The van der Waals surface area contributed by atoms with E-state index in [0.29, 0.717) is 17.9 Å². The molecule has 2 heteroatoms. The van der Waals surface area contributed by atoms with Crippen LogP contribution >= 0.6 is 0 Å². The van der Waals surface area contributed by atoms with Crippen LogP contribution in [0, 0.1) is 11.8 Å². The maximum Gasteiger partial charge on any atom is 0.0476 e. The normalized spacial score (nSPS) is 17.4. The van der Waals surface area contributed by atoms with Gasteiger partial charge in [0.05, 0.1) is 0 Å². The fraction of sp³-hybridized carbons (Fsp3) is 1.00. The Bertz CT molecular complexity index is 83.3. The molecule has 0 bridgehead atoms. The zero-order chi connectivity index (χ0) is 8.15. The van der Waals surface area contributed by atoms with Gasteiger partial charge in [-0.3, -0.25) is 0 Å². The van der Waals surface area contributed by atoms with Crippen LogP contribution < -0.4 is 5.32 Å². The number of hydrogen-bond donors (Lipinski definition) is 2. The third-order valence-electron chi connectivity index (χ3n) is 2.16. The molecular weight excluding hydrogens is 126 g/mol. The molecule has 2 atom stereocenters. The lowest BCUT2D eigenvalue weighted by Crippen LogP contribution is -2.35. The van der Waals surface area contributed by atoms with Crippen molar-refractivity contribution >= 4 is 0 Å². The van der Waals surface area contributed by atoms with Gasteiger partial charge in [0.2, 0.25) is 0 Å². The molecule has 0 amide bonds. The Kier molecular flexibility index (Phi) is 4.65. The van der Waals surface area contributed by atoms with Gasteiger partial charge >= 0.3 is 0 Å². The molecule has 0 saturated heterocycles. The molecule has 0 spiro atoms. The summed E-state index contributed by atoms with van der Waals surface area (Å²) in [5.41, 5.74) is 0. The molecule has 0 fully saturated rings. The Balaban J connectivity index is 3.80. The van der Waals surface area contributed by atoms with Crippen LogP contribution in [0.2, 0.25) is 0 Å². The van der Waals surface area contributed by atoms with Crippen molar-refractivity contribution in [2.45, 2.75) is 26.8 Å². The molecular formula is C8H19NO. The highest BCUT2D eigenvalue weighted by Gasteiger charge is 2.17. The van der Waals surface area contributed by atoms with Crippen molar-refractivity contribution in [1.29, 1.82) is 0 Å². The highest BCUT2D eigenvalue weighted by atomic mass is 16.3. The van der Waals surface area contributed by atoms with Crippen LogP contribution in [0.15, 0.2) is 0 Å². The molecule has 2 unspecified atom stereocenters. The van der Waals surface area contributed by atoms with Crippen LogP contribution in [0.4, 0.5) is 0 Å². The molecule has 0 rings (SSSR count). The van der Waals surface area contributed by atoms with E-state index in [-0.39, 0.29) is 6.61 Å². The standard InChI is InChI=1S/C8H19NO/c1-6(2)8(5-10)7(3)9-4/h6-10H,5H2,1-4H3. The monoisotopic (exact) mass is 145 g/mol. The lowest BCUT2D eigenvalue weighted by Gasteiger charge is -2.24. The van der Waals surface area contributed by atoms with Crippen LogP contribution in [-0.4, -0.2) is 24.8 Å². The highest BCUT2D eigenvalue weighted by molar-refractivity contribution is 4.72. The lowest BCUT2D eigenvalue weighted by atomic mass is 9.90. The van der Waals surface area contributed by atoms with Crippen LogP contribution in [0.1, 0.15) is 20.8 Å². The molecule has 0 heterocycles. The van der Waals surface area contributed by atoms with E-state index < -0.39 is 0 Å². The predicted molar refractivity (Wildman–Crippen MR) is 43.9 cm³/mol. The van der Waals surface area contributed by atoms with Crippen LogP contribution in [0.5, 0.6) is 0 Å². The van der Waals surface area contributed by atoms with Crippen molar-refractivity contribution in [1.82, 2.24) is 5.32 Å². The van der Waals surface area contributed by atoms with Gasteiger partial charge in [-0.2, -0.15) is 0 Å². The van der Waals surface area contributed by atoms with E-state index in [2.05, 4.69) is 26.1 Å². The summed E-state index contributed by atoms with van der Waals surface area (Å²) in [6, 6.07) is 0.407. The molecule has 2 nitrogen and oxygen atoms in total. The second-order valence-electron chi connectivity index (χ2n) is 3.17. The van der Waals surface area contributed by atoms with E-state index in [4.69, 9.17) is 5.11 Å². The third-order valence-corrected chi connectivity index (χ3v) is 2.16. The molecule has 0 aromatic carbocycles.